The molecule has 15 heavy (non-hydrogen) atoms. The molecule has 0 fully saturated rings. The first kappa shape index (κ1) is 10.7. The van der Waals surface area contributed by atoms with E-state index in [1.807, 2.05) is 0 Å². The summed E-state index contributed by atoms with van der Waals surface area (Å²) in [5.74, 6) is 0.845. The number of hydrogen-bond donors (Lipinski definition) is 2. The molecule has 0 unspecified atom stereocenters. The van der Waals surface area contributed by atoms with Gasteiger partial charge >= 0.3 is 0 Å². The molecule has 0 aliphatic carbocycles. The third-order valence-electron chi connectivity index (χ3n) is 2.14. The van der Waals surface area contributed by atoms with Crippen LogP contribution in [0.2, 0.25) is 10.0 Å². The van der Waals surface area contributed by atoms with Gasteiger partial charge in [0.05, 0.1) is 21.1 Å². The first-order valence-electron chi connectivity index (χ1n) is 4.65. The van der Waals surface area contributed by atoms with Crippen LogP contribution in [0.5, 0.6) is 0 Å². The number of aromatic amines is 1. The highest BCUT2D eigenvalue weighted by molar-refractivity contribution is 6.42. The average Bonchev–Trinajstić information content (AvgIpc) is 2.58. The van der Waals surface area contributed by atoms with Crippen molar-refractivity contribution in [3.8, 4) is 0 Å². The zero-order valence-corrected chi connectivity index (χ0v) is 9.44. The predicted molar refractivity (Wildman–Crippen MR) is 61.5 cm³/mol. The summed E-state index contributed by atoms with van der Waals surface area (Å²) in [6.45, 7) is 0.165. The smallest absolute Gasteiger partial charge is 0.107 e. The van der Waals surface area contributed by atoms with Crippen molar-refractivity contribution < 1.29 is 5.11 Å². The Kier molecular flexibility index (Phi) is 3.14. The van der Waals surface area contributed by atoms with E-state index in [1.54, 1.807) is 12.1 Å². The number of H-pyrrole nitrogens is 1. The number of hydrogen-bond acceptors (Lipinski definition) is 2. The largest absolute Gasteiger partial charge is 0.396 e. The van der Waals surface area contributed by atoms with Crippen LogP contribution in [-0.4, -0.2) is 21.7 Å². The second kappa shape index (κ2) is 4.39. The maximum atomic E-state index is 8.71. The van der Waals surface area contributed by atoms with E-state index in [1.165, 1.54) is 0 Å². The Hall–Kier alpha value is -0.770. The normalized spacial score (nSPS) is 11.1. The number of aromatic nitrogens is 2. The number of aryl methyl sites for hydroxylation is 1. The number of nitrogens with zero attached hydrogens (tertiary/aromatic N) is 1. The molecule has 1 heterocycles. The summed E-state index contributed by atoms with van der Waals surface area (Å²) in [7, 11) is 0. The number of fused-ring (bicyclic) bond motifs is 1. The Morgan fingerprint density at radius 3 is 2.73 bits per heavy atom. The van der Waals surface area contributed by atoms with Crippen molar-refractivity contribution in [1.29, 1.82) is 0 Å². The van der Waals surface area contributed by atoms with E-state index >= 15 is 0 Å². The van der Waals surface area contributed by atoms with E-state index in [-0.39, 0.29) is 6.61 Å². The van der Waals surface area contributed by atoms with Crippen molar-refractivity contribution in [3.63, 3.8) is 0 Å². The molecule has 0 bridgehead atoms. The quantitative estimate of drug-likeness (QED) is 0.873. The Balaban J connectivity index is 2.38. The molecule has 0 saturated heterocycles. The van der Waals surface area contributed by atoms with Crippen molar-refractivity contribution in [3.05, 3.63) is 28.0 Å². The van der Waals surface area contributed by atoms with Gasteiger partial charge in [-0.25, -0.2) is 4.98 Å². The van der Waals surface area contributed by atoms with Crippen LogP contribution in [0.15, 0.2) is 12.1 Å². The number of imidazole rings is 1. The maximum Gasteiger partial charge on any atom is 0.107 e. The van der Waals surface area contributed by atoms with E-state index in [2.05, 4.69) is 9.97 Å². The number of benzene rings is 1. The highest BCUT2D eigenvalue weighted by Crippen LogP contribution is 2.26. The van der Waals surface area contributed by atoms with E-state index < -0.39 is 0 Å². The summed E-state index contributed by atoms with van der Waals surface area (Å²) in [6, 6.07) is 3.49. The second-order valence-electron chi connectivity index (χ2n) is 3.29. The fourth-order valence-corrected chi connectivity index (χ4v) is 1.74. The Labute approximate surface area is 97.0 Å². The van der Waals surface area contributed by atoms with Gasteiger partial charge in [-0.1, -0.05) is 23.2 Å². The molecule has 0 amide bonds. The molecule has 0 radical (unpaired) electrons. The molecule has 5 heteroatoms. The van der Waals surface area contributed by atoms with Crippen molar-refractivity contribution in [2.75, 3.05) is 6.61 Å². The minimum Gasteiger partial charge on any atom is -0.396 e. The van der Waals surface area contributed by atoms with E-state index in [0.717, 1.165) is 23.3 Å². The van der Waals surface area contributed by atoms with Gasteiger partial charge in [-0.15, -0.1) is 0 Å². The Bertz CT molecular complexity index is 442. The van der Waals surface area contributed by atoms with Crippen molar-refractivity contribution in [2.45, 2.75) is 12.8 Å². The topological polar surface area (TPSA) is 48.9 Å². The van der Waals surface area contributed by atoms with Crippen molar-refractivity contribution in [2.24, 2.45) is 0 Å². The van der Waals surface area contributed by atoms with Gasteiger partial charge in [-0.2, -0.15) is 0 Å². The fraction of sp³-hybridized carbons (Fsp3) is 0.300. The molecular formula is C10H10Cl2N2O. The molecule has 2 N–H and O–H groups in total. The number of aliphatic hydroxyl groups excluding tert-OH is 1. The van der Waals surface area contributed by atoms with E-state index in [9.17, 15) is 0 Å². The first-order valence-corrected chi connectivity index (χ1v) is 5.41. The van der Waals surface area contributed by atoms with Crippen LogP contribution in [0.1, 0.15) is 12.2 Å². The minimum absolute atomic E-state index is 0.165. The fourth-order valence-electron chi connectivity index (χ4n) is 1.42. The lowest BCUT2D eigenvalue weighted by atomic mass is 10.3. The zero-order valence-electron chi connectivity index (χ0n) is 7.93. The number of aliphatic hydroxyl groups is 1. The summed E-state index contributed by atoms with van der Waals surface area (Å²) in [5.41, 5.74) is 1.68. The van der Waals surface area contributed by atoms with Gasteiger partial charge < -0.3 is 10.1 Å². The third-order valence-corrected chi connectivity index (χ3v) is 2.87. The Morgan fingerprint density at radius 2 is 2.00 bits per heavy atom. The maximum absolute atomic E-state index is 8.71. The summed E-state index contributed by atoms with van der Waals surface area (Å²) < 4.78 is 0. The lowest BCUT2D eigenvalue weighted by Crippen LogP contribution is -1.90. The van der Waals surface area contributed by atoms with Crippen LogP contribution in [0.25, 0.3) is 11.0 Å². The molecule has 2 rings (SSSR count). The molecule has 1 aromatic carbocycles. The monoisotopic (exact) mass is 244 g/mol. The van der Waals surface area contributed by atoms with Crippen LogP contribution in [0.4, 0.5) is 0 Å². The van der Waals surface area contributed by atoms with Crippen LogP contribution >= 0.6 is 23.2 Å². The number of rotatable bonds is 3. The summed E-state index contributed by atoms with van der Waals surface area (Å²) in [6.07, 6.45) is 1.42. The second-order valence-corrected chi connectivity index (χ2v) is 4.11. The zero-order chi connectivity index (χ0) is 10.8. The molecule has 0 aliphatic heterocycles. The molecular weight excluding hydrogens is 235 g/mol. The lowest BCUT2D eigenvalue weighted by molar-refractivity contribution is 0.287. The lowest BCUT2D eigenvalue weighted by Gasteiger charge is -1.93. The van der Waals surface area contributed by atoms with Crippen molar-refractivity contribution in [1.82, 2.24) is 9.97 Å². The van der Waals surface area contributed by atoms with Gasteiger partial charge in [-0.05, 0) is 18.6 Å². The number of nitrogens with one attached hydrogen (secondary N) is 1. The molecule has 0 aliphatic rings. The van der Waals surface area contributed by atoms with Gasteiger partial charge in [0.25, 0.3) is 0 Å². The Morgan fingerprint density at radius 1 is 1.27 bits per heavy atom. The van der Waals surface area contributed by atoms with Gasteiger partial charge in [0.2, 0.25) is 0 Å². The molecule has 1 aromatic heterocycles. The highest BCUT2D eigenvalue weighted by atomic mass is 35.5. The number of halogens is 2. The van der Waals surface area contributed by atoms with Crippen LogP contribution in [0.3, 0.4) is 0 Å². The SMILES string of the molecule is OCCCc1nc2cc(Cl)c(Cl)cc2[nH]1. The van der Waals surface area contributed by atoms with Gasteiger partial charge in [0, 0.05) is 13.0 Å². The summed E-state index contributed by atoms with van der Waals surface area (Å²) in [4.78, 5) is 7.48. The standard InChI is InChI=1S/C10H10Cl2N2O/c11-6-4-8-9(5-7(6)12)14-10(13-8)2-1-3-15/h4-5,15H,1-3H2,(H,13,14). The average molecular weight is 245 g/mol. The van der Waals surface area contributed by atoms with Crippen molar-refractivity contribution >= 4 is 34.2 Å². The van der Waals surface area contributed by atoms with Crippen LogP contribution in [0, 0.1) is 0 Å². The highest BCUT2D eigenvalue weighted by Gasteiger charge is 2.06. The summed E-state index contributed by atoms with van der Waals surface area (Å²) in [5, 5.41) is 9.73. The van der Waals surface area contributed by atoms with E-state index in [4.69, 9.17) is 28.3 Å². The molecule has 2 aromatic rings. The van der Waals surface area contributed by atoms with Gasteiger partial charge in [0.15, 0.2) is 0 Å². The predicted octanol–water partition coefficient (Wildman–Crippen LogP) is 2.79. The summed E-state index contributed by atoms with van der Waals surface area (Å²) >= 11 is 11.8. The molecule has 0 atom stereocenters. The van der Waals surface area contributed by atoms with E-state index in [0.29, 0.717) is 16.5 Å². The molecule has 80 valence electrons. The molecule has 0 saturated carbocycles. The van der Waals surface area contributed by atoms with Gasteiger partial charge in [0.1, 0.15) is 5.82 Å². The molecule has 0 spiro atoms. The van der Waals surface area contributed by atoms with Crippen LogP contribution in [-0.2, 0) is 6.42 Å². The first-order chi connectivity index (χ1) is 7.20. The van der Waals surface area contributed by atoms with Gasteiger partial charge in [-0.3, -0.25) is 0 Å². The molecule has 3 nitrogen and oxygen atoms in total. The van der Waals surface area contributed by atoms with Crippen LogP contribution < -0.4 is 0 Å². The minimum atomic E-state index is 0.165. The third kappa shape index (κ3) is 2.25.